The Morgan fingerprint density at radius 1 is 1.53 bits per heavy atom. The molecular formula is C14H21NO2. The molecule has 2 rings (SSSR count). The predicted molar refractivity (Wildman–Crippen MR) is 68.1 cm³/mol. The van der Waals surface area contributed by atoms with Crippen molar-refractivity contribution in [2.24, 2.45) is 11.1 Å². The third-order valence-electron chi connectivity index (χ3n) is 3.54. The normalized spacial score (nSPS) is 27.2. The highest BCUT2D eigenvalue weighted by molar-refractivity contribution is 5.36. The summed E-state index contributed by atoms with van der Waals surface area (Å²) < 4.78 is 5.67. The van der Waals surface area contributed by atoms with Gasteiger partial charge in [-0.1, -0.05) is 12.1 Å². The topological polar surface area (TPSA) is 55.5 Å². The molecule has 1 aromatic carbocycles. The number of aliphatic hydroxyl groups excluding tert-OH is 1. The zero-order chi connectivity index (χ0) is 12.5. The van der Waals surface area contributed by atoms with Crippen LogP contribution in [0.25, 0.3) is 0 Å². The molecule has 0 aliphatic heterocycles. The molecule has 1 aliphatic carbocycles. The monoisotopic (exact) mass is 235 g/mol. The van der Waals surface area contributed by atoms with Crippen LogP contribution in [-0.2, 0) is 0 Å². The molecule has 0 bridgehead atoms. The zero-order valence-corrected chi connectivity index (χ0v) is 10.5. The lowest BCUT2D eigenvalue weighted by molar-refractivity contribution is 0.211. The van der Waals surface area contributed by atoms with E-state index >= 15 is 0 Å². The molecular weight excluding hydrogens is 214 g/mol. The molecule has 2 atom stereocenters. The number of hydrogen-bond acceptors (Lipinski definition) is 3. The Hall–Kier alpha value is -1.06. The number of rotatable bonds is 5. The lowest BCUT2D eigenvalue weighted by Gasteiger charge is -2.13. The van der Waals surface area contributed by atoms with Crippen molar-refractivity contribution in [2.75, 3.05) is 13.2 Å². The van der Waals surface area contributed by atoms with Gasteiger partial charge in [0.25, 0.3) is 0 Å². The van der Waals surface area contributed by atoms with Crippen LogP contribution in [0.1, 0.15) is 31.7 Å². The van der Waals surface area contributed by atoms with Gasteiger partial charge in [-0.05, 0) is 43.9 Å². The summed E-state index contributed by atoms with van der Waals surface area (Å²) in [6, 6.07) is 8.13. The fourth-order valence-electron chi connectivity index (χ4n) is 2.36. The maximum Gasteiger partial charge on any atom is 0.119 e. The summed E-state index contributed by atoms with van der Waals surface area (Å²) in [5, 5.41) is 9.39. The van der Waals surface area contributed by atoms with Crippen molar-refractivity contribution in [3.63, 3.8) is 0 Å². The fourth-order valence-corrected chi connectivity index (χ4v) is 2.36. The molecule has 1 aliphatic rings. The Bertz CT molecular complexity index is 386. The fraction of sp³-hybridized carbons (Fsp3) is 0.571. The summed E-state index contributed by atoms with van der Waals surface area (Å²) in [6.07, 6.45) is 1.16. The first-order valence-corrected chi connectivity index (χ1v) is 6.19. The minimum atomic E-state index is -0.0869. The highest BCUT2D eigenvalue weighted by Crippen LogP contribution is 2.58. The van der Waals surface area contributed by atoms with Crippen molar-refractivity contribution in [1.82, 2.24) is 0 Å². The molecule has 17 heavy (non-hydrogen) atoms. The molecule has 0 radical (unpaired) electrons. The van der Waals surface area contributed by atoms with Crippen molar-refractivity contribution in [1.29, 1.82) is 0 Å². The molecule has 3 N–H and O–H groups in total. The molecule has 1 aromatic rings. The van der Waals surface area contributed by atoms with Gasteiger partial charge in [-0.3, -0.25) is 0 Å². The number of aliphatic hydroxyl groups is 1. The number of ether oxygens (including phenoxy) is 1. The van der Waals surface area contributed by atoms with Crippen LogP contribution < -0.4 is 10.5 Å². The summed E-state index contributed by atoms with van der Waals surface area (Å²) in [5.74, 6) is 1.28. The van der Waals surface area contributed by atoms with E-state index in [-0.39, 0.29) is 18.1 Å². The van der Waals surface area contributed by atoms with Crippen LogP contribution in [0.5, 0.6) is 5.75 Å². The van der Waals surface area contributed by atoms with Gasteiger partial charge in [0.15, 0.2) is 0 Å². The van der Waals surface area contributed by atoms with Crippen LogP contribution in [0.15, 0.2) is 24.3 Å². The lowest BCUT2D eigenvalue weighted by atomic mass is 10.00. The summed E-state index contributed by atoms with van der Waals surface area (Å²) in [4.78, 5) is 0. The van der Waals surface area contributed by atoms with Gasteiger partial charge < -0.3 is 15.6 Å². The van der Waals surface area contributed by atoms with E-state index in [9.17, 15) is 5.11 Å². The van der Waals surface area contributed by atoms with E-state index in [1.165, 1.54) is 5.56 Å². The third kappa shape index (κ3) is 2.45. The highest BCUT2D eigenvalue weighted by Gasteiger charge is 2.53. The standard InChI is InChI=1S/C14H21NO2/c1-10(2)17-12-5-3-4-11(6-12)13-7-14(13,8-15)9-16/h3-6,10,13,16H,7-9,15H2,1-2H3. The van der Waals surface area contributed by atoms with Crippen LogP contribution >= 0.6 is 0 Å². The van der Waals surface area contributed by atoms with Gasteiger partial charge in [0, 0.05) is 12.0 Å². The Morgan fingerprint density at radius 3 is 2.82 bits per heavy atom. The maximum atomic E-state index is 9.39. The summed E-state index contributed by atoms with van der Waals surface area (Å²) in [7, 11) is 0. The molecule has 1 fully saturated rings. The predicted octanol–water partition coefficient (Wildman–Crippen LogP) is 1.90. The maximum absolute atomic E-state index is 9.39. The number of nitrogens with two attached hydrogens (primary N) is 1. The first-order valence-electron chi connectivity index (χ1n) is 6.19. The van der Waals surface area contributed by atoms with Gasteiger partial charge in [-0.2, -0.15) is 0 Å². The van der Waals surface area contributed by atoms with Gasteiger partial charge in [-0.15, -0.1) is 0 Å². The van der Waals surface area contributed by atoms with Gasteiger partial charge in [0.05, 0.1) is 12.7 Å². The van der Waals surface area contributed by atoms with Crippen LogP contribution in [0.2, 0.25) is 0 Å². The van der Waals surface area contributed by atoms with Crippen molar-refractivity contribution in [3.8, 4) is 5.75 Å². The van der Waals surface area contributed by atoms with Gasteiger partial charge >= 0.3 is 0 Å². The van der Waals surface area contributed by atoms with E-state index in [0.29, 0.717) is 12.5 Å². The summed E-state index contributed by atoms with van der Waals surface area (Å²) in [5.41, 5.74) is 6.87. The van der Waals surface area contributed by atoms with Crippen LogP contribution in [-0.4, -0.2) is 24.4 Å². The van der Waals surface area contributed by atoms with E-state index in [0.717, 1.165) is 12.2 Å². The Morgan fingerprint density at radius 2 is 2.29 bits per heavy atom. The molecule has 1 saturated carbocycles. The lowest BCUT2D eigenvalue weighted by Crippen LogP contribution is -2.21. The van der Waals surface area contributed by atoms with Crippen LogP contribution in [0, 0.1) is 5.41 Å². The minimum Gasteiger partial charge on any atom is -0.491 e. The molecule has 0 heterocycles. The van der Waals surface area contributed by atoms with Crippen molar-refractivity contribution in [3.05, 3.63) is 29.8 Å². The van der Waals surface area contributed by atoms with Gasteiger partial charge in [-0.25, -0.2) is 0 Å². The van der Waals surface area contributed by atoms with Gasteiger partial charge in [0.2, 0.25) is 0 Å². The smallest absolute Gasteiger partial charge is 0.119 e. The number of hydrogen-bond donors (Lipinski definition) is 2. The van der Waals surface area contributed by atoms with Crippen molar-refractivity contribution < 1.29 is 9.84 Å². The van der Waals surface area contributed by atoms with E-state index in [4.69, 9.17) is 10.5 Å². The SMILES string of the molecule is CC(C)Oc1cccc(C2CC2(CN)CO)c1. The van der Waals surface area contributed by atoms with Crippen molar-refractivity contribution in [2.45, 2.75) is 32.3 Å². The van der Waals surface area contributed by atoms with Gasteiger partial charge in [0.1, 0.15) is 5.75 Å². The van der Waals surface area contributed by atoms with E-state index < -0.39 is 0 Å². The van der Waals surface area contributed by atoms with E-state index in [1.807, 2.05) is 26.0 Å². The molecule has 0 saturated heterocycles. The largest absolute Gasteiger partial charge is 0.491 e. The molecule has 0 spiro atoms. The van der Waals surface area contributed by atoms with Crippen LogP contribution in [0.3, 0.4) is 0 Å². The third-order valence-corrected chi connectivity index (χ3v) is 3.54. The highest BCUT2D eigenvalue weighted by atomic mass is 16.5. The van der Waals surface area contributed by atoms with Crippen LogP contribution in [0.4, 0.5) is 0 Å². The summed E-state index contributed by atoms with van der Waals surface area (Å²) >= 11 is 0. The molecule has 94 valence electrons. The van der Waals surface area contributed by atoms with E-state index in [1.54, 1.807) is 0 Å². The number of benzene rings is 1. The molecule has 2 unspecified atom stereocenters. The minimum absolute atomic E-state index is 0.0869. The van der Waals surface area contributed by atoms with E-state index in [2.05, 4.69) is 12.1 Å². The Labute approximate surface area is 103 Å². The Kier molecular flexibility index (Phi) is 3.40. The molecule has 3 nitrogen and oxygen atoms in total. The quantitative estimate of drug-likeness (QED) is 0.819. The molecule has 0 amide bonds. The first-order chi connectivity index (χ1) is 8.11. The van der Waals surface area contributed by atoms with Crippen molar-refractivity contribution >= 4 is 0 Å². The molecule has 0 aromatic heterocycles. The first kappa shape index (κ1) is 12.4. The average Bonchev–Trinajstić information content (AvgIpc) is 3.04. The zero-order valence-electron chi connectivity index (χ0n) is 10.5. The Balaban J connectivity index is 2.13. The second-order valence-corrected chi connectivity index (χ2v) is 5.22. The summed E-state index contributed by atoms with van der Waals surface area (Å²) in [6.45, 7) is 4.75. The second-order valence-electron chi connectivity index (χ2n) is 5.22. The second kappa shape index (κ2) is 4.67. The average molecular weight is 235 g/mol. The molecule has 3 heteroatoms.